The normalized spacial score (nSPS) is 23.0. The van der Waals surface area contributed by atoms with Gasteiger partial charge in [0.15, 0.2) is 0 Å². The summed E-state index contributed by atoms with van der Waals surface area (Å²) in [5.41, 5.74) is 1.97. The van der Waals surface area contributed by atoms with Crippen LogP contribution in [-0.2, 0) is 4.79 Å². The Balaban J connectivity index is 1.50. The van der Waals surface area contributed by atoms with E-state index in [2.05, 4.69) is 15.3 Å². The van der Waals surface area contributed by atoms with Crippen LogP contribution in [0.15, 0.2) is 18.2 Å². The zero-order valence-corrected chi connectivity index (χ0v) is 16.5. The number of H-pyrrole nitrogens is 1. The maximum atomic E-state index is 12.9. The number of nitrogens with zero attached hydrogens (tertiary/aromatic N) is 2. The van der Waals surface area contributed by atoms with Gasteiger partial charge in [-0.15, -0.1) is 0 Å². The molecule has 1 saturated carbocycles. The molecule has 1 aliphatic heterocycles. The number of hydrogen-bond acceptors (Lipinski definition) is 3. The van der Waals surface area contributed by atoms with Crippen molar-refractivity contribution < 1.29 is 9.59 Å². The maximum absolute atomic E-state index is 12.9. The third-order valence-corrected chi connectivity index (χ3v) is 5.70. The Hall–Kier alpha value is -2.37. The quantitative estimate of drug-likeness (QED) is 0.874. The summed E-state index contributed by atoms with van der Waals surface area (Å²) in [5, 5.41) is 3.21. The van der Waals surface area contributed by atoms with Crippen LogP contribution in [-0.4, -0.2) is 45.8 Å². The number of fused-ring (bicyclic) bond motifs is 1. The molecule has 2 heterocycles. The second-order valence-corrected chi connectivity index (χ2v) is 9.10. The van der Waals surface area contributed by atoms with Crippen molar-refractivity contribution in [3.05, 3.63) is 29.6 Å². The smallest absolute Gasteiger partial charge is 0.251 e. The number of carbonyl (C=O) groups is 2. The Labute approximate surface area is 159 Å². The van der Waals surface area contributed by atoms with Crippen LogP contribution in [0, 0.1) is 24.2 Å². The second kappa shape index (κ2) is 6.36. The summed E-state index contributed by atoms with van der Waals surface area (Å²) < 4.78 is 0. The molecule has 6 nitrogen and oxygen atoms in total. The van der Waals surface area contributed by atoms with Crippen LogP contribution in [0.25, 0.3) is 11.0 Å². The molecule has 4 rings (SSSR count). The van der Waals surface area contributed by atoms with Gasteiger partial charge in [-0.2, -0.15) is 0 Å². The molecule has 2 unspecified atom stereocenters. The minimum absolute atomic E-state index is 0.0236. The molecule has 2 atom stereocenters. The highest BCUT2D eigenvalue weighted by atomic mass is 16.2. The summed E-state index contributed by atoms with van der Waals surface area (Å²) in [7, 11) is 0. The van der Waals surface area contributed by atoms with Gasteiger partial charge in [0.2, 0.25) is 5.91 Å². The average molecular weight is 368 g/mol. The number of carbonyl (C=O) groups excluding carboxylic acids is 2. The Bertz CT molecular complexity index is 891. The van der Waals surface area contributed by atoms with Gasteiger partial charge in [-0.05, 0) is 43.9 Å². The minimum Gasteiger partial charge on any atom is -0.347 e. The van der Waals surface area contributed by atoms with Gasteiger partial charge in [-0.25, -0.2) is 4.98 Å². The number of imidazole rings is 1. The van der Waals surface area contributed by atoms with Crippen LogP contribution in [0.5, 0.6) is 0 Å². The summed E-state index contributed by atoms with van der Waals surface area (Å²) in [4.78, 5) is 35.1. The van der Waals surface area contributed by atoms with Crippen molar-refractivity contribution in [1.29, 1.82) is 0 Å². The number of aromatic amines is 1. The van der Waals surface area contributed by atoms with Crippen LogP contribution >= 0.6 is 0 Å². The first-order valence-electron chi connectivity index (χ1n) is 9.79. The fraction of sp³-hybridized carbons (Fsp3) is 0.571. The zero-order valence-electron chi connectivity index (χ0n) is 16.5. The Morgan fingerprint density at radius 2 is 1.96 bits per heavy atom. The maximum Gasteiger partial charge on any atom is 0.251 e. The van der Waals surface area contributed by atoms with Crippen molar-refractivity contribution in [3.8, 4) is 0 Å². The van der Waals surface area contributed by atoms with Gasteiger partial charge in [0.25, 0.3) is 5.91 Å². The van der Waals surface area contributed by atoms with Crippen molar-refractivity contribution in [1.82, 2.24) is 20.2 Å². The molecule has 1 aromatic heterocycles. The molecule has 6 heteroatoms. The van der Waals surface area contributed by atoms with Gasteiger partial charge >= 0.3 is 0 Å². The van der Waals surface area contributed by atoms with Gasteiger partial charge in [0, 0.05) is 30.0 Å². The molecular weight excluding hydrogens is 340 g/mol. The highest BCUT2D eigenvalue weighted by Gasteiger charge is 2.45. The topological polar surface area (TPSA) is 78.1 Å². The molecule has 144 valence electrons. The molecule has 0 bridgehead atoms. The lowest BCUT2D eigenvalue weighted by Gasteiger charge is -2.25. The van der Waals surface area contributed by atoms with Crippen molar-refractivity contribution in [3.63, 3.8) is 0 Å². The van der Waals surface area contributed by atoms with Crippen LogP contribution in [0.2, 0.25) is 0 Å². The van der Waals surface area contributed by atoms with Gasteiger partial charge < -0.3 is 15.2 Å². The molecule has 2 aliphatic rings. The van der Waals surface area contributed by atoms with Gasteiger partial charge in [0.05, 0.1) is 17.1 Å². The van der Waals surface area contributed by atoms with Crippen molar-refractivity contribution in [2.24, 2.45) is 17.3 Å². The van der Waals surface area contributed by atoms with Crippen molar-refractivity contribution >= 4 is 22.8 Å². The first kappa shape index (κ1) is 18.0. The molecule has 1 saturated heterocycles. The largest absolute Gasteiger partial charge is 0.347 e. The Kier molecular flexibility index (Phi) is 4.24. The highest BCUT2D eigenvalue weighted by molar-refractivity contribution is 5.97. The van der Waals surface area contributed by atoms with E-state index in [0.717, 1.165) is 23.4 Å². The predicted octanol–water partition coefficient (Wildman–Crippen LogP) is 2.88. The number of aromatic nitrogens is 2. The molecule has 0 radical (unpaired) electrons. The fourth-order valence-electron chi connectivity index (χ4n) is 4.15. The number of aryl methyl sites for hydroxylation is 1. The van der Waals surface area contributed by atoms with Gasteiger partial charge in [0.1, 0.15) is 5.82 Å². The molecule has 2 amide bonds. The van der Waals surface area contributed by atoms with Crippen LogP contribution in [0.4, 0.5) is 0 Å². The van der Waals surface area contributed by atoms with Crippen LogP contribution in [0.3, 0.4) is 0 Å². The van der Waals surface area contributed by atoms with E-state index in [1.54, 1.807) is 0 Å². The van der Waals surface area contributed by atoms with Crippen LogP contribution in [0.1, 0.15) is 49.8 Å². The van der Waals surface area contributed by atoms with Crippen LogP contribution < -0.4 is 5.32 Å². The summed E-state index contributed by atoms with van der Waals surface area (Å²) in [6.45, 7) is 9.12. The van der Waals surface area contributed by atoms with E-state index in [9.17, 15) is 9.59 Å². The second-order valence-electron chi connectivity index (χ2n) is 9.10. The van der Waals surface area contributed by atoms with Gasteiger partial charge in [-0.3, -0.25) is 9.59 Å². The molecule has 0 spiro atoms. The summed E-state index contributed by atoms with van der Waals surface area (Å²) in [6, 6.07) is 5.56. The summed E-state index contributed by atoms with van der Waals surface area (Å²) in [5.74, 6) is 1.91. The zero-order chi connectivity index (χ0) is 19.3. The minimum atomic E-state index is -0.392. The Morgan fingerprint density at radius 1 is 1.22 bits per heavy atom. The lowest BCUT2D eigenvalue weighted by atomic mass is 9.95. The molecule has 2 N–H and O–H groups in total. The number of hydrogen-bond donors (Lipinski definition) is 2. The number of amides is 2. The monoisotopic (exact) mass is 368 g/mol. The van der Waals surface area contributed by atoms with E-state index >= 15 is 0 Å². The number of rotatable bonds is 3. The average Bonchev–Trinajstić information content (AvgIpc) is 3.24. The first-order valence-corrected chi connectivity index (χ1v) is 9.79. The molecule has 1 aliphatic carbocycles. The molecule has 27 heavy (non-hydrogen) atoms. The van der Waals surface area contributed by atoms with Crippen molar-refractivity contribution in [2.75, 3.05) is 13.1 Å². The molecular formula is C21H28N4O2. The van der Waals surface area contributed by atoms with E-state index in [0.29, 0.717) is 23.9 Å². The summed E-state index contributed by atoms with van der Waals surface area (Å²) in [6.07, 6.45) is 2.40. The van der Waals surface area contributed by atoms with E-state index in [1.165, 1.54) is 12.8 Å². The van der Waals surface area contributed by atoms with E-state index in [1.807, 2.05) is 50.8 Å². The lowest BCUT2D eigenvalue weighted by molar-refractivity contribution is -0.138. The van der Waals surface area contributed by atoms with Crippen molar-refractivity contribution in [2.45, 2.75) is 46.6 Å². The molecule has 2 fully saturated rings. The number of benzene rings is 1. The first-order chi connectivity index (χ1) is 12.7. The fourth-order valence-corrected chi connectivity index (χ4v) is 4.15. The standard InChI is InChI=1S/C21H28N4O2/c1-12-22-16-8-7-14(9-17(16)23-12)19(26)24-18-11-25(20(27)21(2,3)4)10-15(18)13-5-6-13/h7-9,13,15,18H,5-6,10-11H2,1-4H3,(H,22,23)(H,24,26). The lowest BCUT2D eigenvalue weighted by Crippen LogP contribution is -2.43. The third kappa shape index (κ3) is 3.57. The molecule has 2 aromatic rings. The van der Waals surface area contributed by atoms with E-state index in [4.69, 9.17) is 0 Å². The van der Waals surface area contributed by atoms with Gasteiger partial charge in [-0.1, -0.05) is 20.8 Å². The highest BCUT2D eigenvalue weighted by Crippen LogP contribution is 2.42. The third-order valence-electron chi connectivity index (χ3n) is 5.70. The predicted molar refractivity (Wildman–Crippen MR) is 104 cm³/mol. The summed E-state index contributed by atoms with van der Waals surface area (Å²) >= 11 is 0. The number of likely N-dealkylation sites (tertiary alicyclic amines) is 1. The van der Waals surface area contributed by atoms with E-state index in [-0.39, 0.29) is 17.9 Å². The number of nitrogens with one attached hydrogen (secondary N) is 2. The molecule has 1 aromatic carbocycles. The Morgan fingerprint density at radius 3 is 2.63 bits per heavy atom. The van der Waals surface area contributed by atoms with E-state index < -0.39 is 5.41 Å². The SMILES string of the molecule is Cc1nc2ccc(C(=O)NC3CN(C(=O)C(C)(C)C)CC3C3CC3)cc2[nH]1.